The van der Waals surface area contributed by atoms with Crippen molar-refractivity contribution in [3.05, 3.63) is 53.6 Å². The van der Waals surface area contributed by atoms with E-state index in [1.165, 1.54) is 12.1 Å². The van der Waals surface area contributed by atoms with Gasteiger partial charge in [0.25, 0.3) is 5.91 Å². The molecular weight excluding hydrogens is 424 g/mol. The second kappa shape index (κ2) is 10.3. The van der Waals surface area contributed by atoms with Gasteiger partial charge in [-0.05, 0) is 55.7 Å². The number of anilines is 1. The summed E-state index contributed by atoms with van der Waals surface area (Å²) in [4.78, 5) is 12.9. The molecule has 0 saturated carbocycles. The number of para-hydroxylation sites is 1. The van der Waals surface area contributed by atoms with Crippen LogP contribution in [0.5, 0.6) is 5.75 Å². The SMILES string of the molecule is CCC(Oc1ccccc1Cl)C(=O)Nc1ccc(S(=O)(=O)N2CCCCCC2)cc1. The van der Waals surface area contributed by atoms with E-state index in [2.05, 4.69) is 5.32 Å². The van der Waals surface area contributed by atoms with Gasteiger partial charge in [-0.3, -0.25) is 4.79 Å². The summed E-state index contributed by atoms with van der Waals surface area (Å²) < 4.78 is 33.0. The number of carbonyl (C=O) groups excluding carboxylic acids is 1. The molecule has 6 nitrogen and oxygen atoms in total. The van der Waals surface area contributed by atoms with Crippen LogP contribution in [0.2, 0.25) is 5.02 Å². The fraction of sp³-hybridized carbons (Fsp3) is 0.409. The first-order valence-electron chi connectivity index (χ1n) is 10.2. The second-order valence-electron chi connectivity index (χ2n) is 7.28. The summed E-state index contributed by atoms with van der Waals surface area (Å²) in [5, 5.41) is 3.22. The Labute approximate surface area is 183 Å². The number of halogens is 1. The highest BCUT2D eigenvalue weighted by Crippen LogP contribution is 2.26. The Morgan fingerprint density at radius 2 is 1.70 bits per heavy atom. The molecule has 1 aliphatic rings. The maximum absolute atomic E-state index is 12.9. The second-order valence-corrected chi connectivity index (χ2v) is 9.62. The first-order chi connectivity index (χ1) is 14.4. The third-order valence-electron chi connectivity index (χ3n) is 5.09. The standard InChI is InChI=1S/C22H27ClN2O4S/c1-2-20(29-21-10-6-5-9-19(21)23)22(26)24-17-11-13-18(14-12-17)30(27,28)25-15-7-3-4-8-16-25/h5-6,9-14,20H,2-4,7-8,15-16H2,1H3,(H,24,26). The Morgan fingerprint density at radius 1 is 1.07 bits per heavy atom. The van der Waals surface area contributed by atoms with E-state index in [-0.39, 0.29) is 10.8 Å². The summed E-state index contributed by atoms with van der Waals surface area (Å²) in [5.74, 6) is 0.126. The molecule has 8 heteroatoms. The number of rotatable bonds is 7. The van der Waals surface area contributed by atoms with Crippen LogP contribution < -0.4 is 10.1 Å². The molecular formula is C22H27ClN2O4S. The molecule has 0 spiro atoms. The molecule has 0 radical (unpaired) electrons. The summed E-state index contributed by atoms with van der Waals surface area (Å²) in [7, 11) is -3.52. The molecule has 3 rings (SSSR count). The maximum atomic E-state index is 12.9. The first kappa shape index (κ1) is 22.6. The van der Waals surface area contributed by atoms with Crippen molar-refractivity contribution >= 4 is 33.2 Å². The molecule has 0 aromatic heterocycles. The molecule has 1 unspecified atom stereocenters. The van der Waals surface area contributed by atoms with Gasteiger partial charge in [-0.2, -0.15) is 4.31 Å². The molecule has 1 heterocycles. The van der Waals surface area contributed by atoms with E-state index < -0.39 is 16.1 Å². The van der Waals surface area contributed by atoms with Crippen molar-refractivity contribution in [1.82, 2.24) is 4.31 Å². The Hall–Kier alpha value is -2.09. The molecule has 1 saturated heterocycles. The lowest BCUT2D eigenvalue weighted by Gasteiger charge is -2.20. The van der Waals surface area contributed by atoms with E-state index in [0.29, 0.717) is 36.0 Å². The molecule has 30 heavy (non-hydrogen) atoms. The van der Waals surface area contributed by atoms with Gasteiger partial charge in [0, 0.05) is 18.8 Å². The molecule has 0 aliphatic carbocycles. The topological polar surface area (TPSA) is 75.7 Å². The number of benzene rings is 2. The summed E-state index contributed by atoms with van der Waals surface area (Å²) in [6.07, 6.45) is 3.63. The smallest absolute Gasteiger partial charge is 0.265 e. The zero-order valence-electron chi connectivity index (χ0n) is 17.0. The quantitative estimate of drug-likeness (QED) is 0.663. The average molecular weight is 451 g/mol. The number of nitrogens with zero attached hydrogens (tertiary/aromatic N) is 1. The van der Waals surface area contributed by atoms with Gasteiger partial charge in [0.05, 0.1) is 9.92 Å². The van der Waals surface area contributed by atoms with Crippen LogP contribution in [0.4, 0.5) is 5.69 Å². The highest BCUT2D eigenvalue weighted by molar-refractivity contribution is 7.89. The highest BCUT2D eigenvalue weighted by Gasteiger charge is 2.25. The number of carbonyl (C=O) groups is 1. The lowest BCUT2D eigenvalue weighted by Crippen LogP contribution is -2.33. The predicted octanol–water partition coefficient (Wildman–Crippen LogP) is 4.70. The molecule has 1 fully saturated rings. The zero-order valence-corrected chi connectivity index (χ0v) is 18.6. The molecule has 2 aromatic rings. The third kappa shape index (κ3) is 5.53. The van der Waals surface area contributed by atoms with Crippen LogP contribution in [0.1, 0.15) is 39.0 Å². The van der Waals surface area contributed by atoms with Crippen molar-refractivity contribution in [2.24, 2.45) is 0 Å². The van der Waals surface area contributed by atoms with Gasteiger partial charge in [-0.15, -0.1) is 0 Å². The van der Waals surface area contributed by atoms with Crippen LogP contribution in [-0.2, 0) is 14.8 Å². The van der Waals surface area contributed by atoms with Crippen molar-refractivity contribution in [2.75, 3.05) is 18.4 Å². The van der Waals surface area contributed by atoms with Gasteiger partial charge >= 0.3 is 0 Å². The van der Waals surface area contributed by atoms with Crippen LogP contribution in [0.25, 0.3) is 0 Å². The van der Waals surface area contributed by atoms with E-state index in [0.717, 1.165) is 25.7 Å². The minimum absolute atomic E-state index is 0.238. The Balaban J connectivity index is 1.67. The van der Waals surface area contributed by atoms with Crippen LogP contribution >= 0.6 is 11.6 Å². The Kier molecular flexibility index (Phi) is 7.75. The van der Waals surface area contributed by atoms with Gasteiger partial charge in [0.1, 0.15) is 5.75 Å². The van der Waals surface area contributed by atoms with Crippen LogP contribution in [0.3, 0.4) is 0 Å². The predicted molar refractivity (Wildman–Crippen MR) is 118 cm³/mol. The number of ether oxygens (including phenoxy) is 1. The van der Waals surface area contributed by atoms with Gasteiger partial charge in [0.15, 0.2) is 6.10 Å². The lowest BCUT2D eigenvalue weighted by atomic mass is 10.2. The summed E-state index contributed by atoms with van der Waals surface area (Å²) >= 11 is 6.11. The van der Waals surface area contributed by atoms with Crippen molar-refractivity contribution in [2.45, 2.75) is 50.0 Å². The number of amides is 1. The van der Waals surface area contributed by atoms with E-state index in [1.807, 2.05) is 6.92 Å². The highest BCUT2D eigenvalue weighted by atomic mass is 35.5. The van der Waals surface area contributed by atoms with Gasteiger partial charge in [-0.25, -0.2) is 8.42 Å². The Morgan fingerprint density at radius 3 is 2.30 bits per heavy atom. The first-order valence-corrected chi connectivity index (χ1v) is 12.1. The fourth-order valence-corrected chi connectivity index (χ4v) is 5.08. The molecule has 162 valence electrons. The fourth-order valence-electron chi connectivity index (χ4n) is 3.38. The minimum atomic E-state index is -3.52. The normalized spacial score (nSPS) is 16.5. The van der Waals surface area contributed by atoms with Gasteiger partial charge < -0.3 is 10.1 Å². The van der Waals surface area contributed by atoms with Crippen LogP contribution in [0, 0.1) is 0 Å². The van der Waals surface area contributed by atoms with Gasteiger partial charge in [0.2, 0.25) is 10.0 Å². The number of sulfonamides is 1. The molecule has 0 bridgehead atoms. The molecule has 1 aliphatic heterocycles. The van der Waals surface area contributed by atoms with E-state index >= 15 is 0 Å². The summed E-state index contributed by atoms with van der Waals surface area (Å²) in [6, 6.07) is 13.3. The van der Waals surface area contributed by atoms with E-state index in [9.17, 15) is 13.2 Å². The Bertz CT molecular complexity index is 955. The number of nitrogens with one attached hydrogen (secondary N) is 1. The van der Waals surface area contributed by atoms with Crippen molar-refractivity contribution in [3.63, 3.8) is 0 Å². The van der Waals surface area contributed by atoms with Crippen LogP contribution in [-0.4, -0.2) is 37.8 Å². The molecule has 1 N–H and O–H groups in total. The van der Waals surface area contributed by atoms with Crippen molar-refractivity contribution < 1.29 is 17.9 Å². The lowest BCUT2D eigenvalue weighted by molar-refractivity contribution is -0.122. The summed E-state index contributed by atoms with van der Waals surface area (Å²) in [6.45, 7) is 2.95. The summed E-state index contributed by atoms with van der Waals surface area (Å²) in [5.41, 5.74) is 0.510. The molecule has 2 aromatic carbocycles. The third-order valence-corrected chi connectivity index (χ3v) is 7.32. The monoisotopic (exact) mass is 450 g/mol. The number of hydrogen-bond acceptors (Lipinski definition) is 4. The zero-order chi connectivity index (χ0) is 21.6. The number of hydrogen-bond donors (Lipinski definition) is 1. The maximum Gasteiger partial charge on any atom is 0.265 e. The van der Waals surface area contributed by atoms with Gasteiger partial charge in [-0.1, -0.05) is 43.5 Å². The van der Waals surface area contributed by atoms with Crippen LogP contribution in [0.15, 0.2) is 53.4 Å². The van der Waals surface area contributed by atoms with Crippen molar-refractivity contribution in [1.29, 1.82) is 0 Å². The minimum Gasteiger partial charge on any atom is -0.479 e. The average Bonchev–Trinajstić information content (AvgIpc) is 3.04. The van der Waals surface area contributed by atoms with E-state index in [4.69, 9.17) is 16.3 Å². The largest absolute Gasteiger partial charge is 0.479 e. The molecule has 1 amide bonds. The van der Waals surface area contributed by atoms with E-state index in [1.54, 1.807) is 40.7 Å². The van der Waals surface area contributed by atoms with Crippen molar-refractivity contribution in [3.8, 4) is 5.75 Å². The molecule has 1 atom stereocenters.